The van der Waals surface area contributed by atoms with Crippen LogP contribution in [0, 0.1) is 0 Å². The zero-order valence-electron chi connectivity index (χ0n) is 10.2. The van der Waals surface area contributed by atoms with Gasteiger partial charge in [-0.3, -0.25) is 4.79 Å². The quantitative estimate of drug-likeness (QED) is 0.782. The summed E-state index contributed by atoms with van der Waals surface area (Å²) in [6, 6.07) is 5.43. The van der Waals surface area contributed by atoms with Gasteiger partial charge in [-0.25, -0.2) is 0 Å². The first-order valence-electron chi connectivity index (χ1n) is 6.37. The molecule has 3 nitrogen and oxygen atoms in total. The van der Waals surface area contributed by atoms with Gasteiger partial charge in [0.25, 0.3) is 0 Å². The molecule has 0 bridgehead atoms. The van der Waals surface area contributed by atoms with Crippen LogP contribution in [0.1, 0.15) is 36.0 Å². The molecule has 1 heterocycles. The topological polar surface area (TPSA) is 35.5 Å². The average molecular weight is 264 g/mol. The lowest BCUT2D eigenvalue weighted by atomic mass is 10.1. The van der Waals surface area contributed by atoms with E-state index < -0.39 is 0 Å². The summed E-state index contributed by atoms with van der Waals surface area (Å²) in [7, 11) is 0. The number of rotatable bonds is 4. The lowest BCUT2D eigenvalue weighted by Gasteiger charge is -2.08. The van der Waals surface area contributed by atoms with Crippen molar-refractivity contribution in [1.29, 1.82) is 0 Å². The number of carbonyl (C=O) groups excluding carboxylic acids is 1. The van der Waals surface area contributed by atoms with Gasteiger partial charge in [0.15, 0.2) is 17.3 Å². The summed E-state index contributed by atoms with van der Waals surface area (Å²) in [4.78, 5) is 12.1. The molecule has 4 heteroatoms. The van der Waals surface area contributed by atoms with Gasteiger partial charge in [0.05, 0.1) is 5.75 Å². The lowest BCUT2D eigenvalue weighted by molar-refractivity contribution is 0.102. The zero-order chi connectivity index (χ0) is 12.4. The average Bonchev–Trinajstić information content (AvgIpc) is 3.05. The summed E-state index contributed by atoms with van der Waals surface area (Å²) >= 11 is 1.80. The van der Waals surface area contributed by atoms with Crippen molar-refractivity contribution in [3.8, 4) is 11.5 Å². The Bertz CT molecular complexity index is 452. The van der Waals surface area contributed by atoms with Crippen LogP contribution >= 0.6 is 11.8 Å². The monoisotopic (exact) mass is 264 g/mol. The Kier molecular flexibility index (Phi) is 3.46. The van der Waals surface area contributed by atoms with E-state index in [9.17, 15) is 4.79 Å². The Morgan fingerprint density at radius 1 is 1.22 bits per heavy atom. The third-order valence-corrected chi connectivity index (χ3v) is 4.82. The maximum absolute atomic E-state index is 12.1. The number of ketones is 1. The molecule has 3 rings (SSSR count). The molecule has 1 saturated carbocycles. The Morgan fingerprint density at radius 3 is 2.83 bits per heavy atom. The van der Waals surface area contributed by atoms with Crippen molar-refractivity contribution >= 4 is 17.5 Å². The standard InChI is InChI=1S/C14H16O3S/c15-12(8-18-11-3-1-2-4-11)10-5-6-13-14(7-10)17-9-16-13/h5-7,11H,1-4,8-9H2. The second-order valence-corrected chi connectivity index (χ2v) is 6.00. The van der Waals surface area contributed by atoms with Crippen molar-refractivity contribution in [2.75, 3.05) is 12.5 Å². The van der Waals surface area contributed by atoms with E-state index in [1.165, 1.54) is 25.7 Å². The highest BCUT2D eigenvalue weighted by atomic mass is 32.2. The molecule has 0 N–H and O–H groups in total. The summed E-state index contributed by atoms with van der Waals surface area (Å²) < 4.78 is 10.5. The third-order valence-electron chi connectivity index (χ3n) is 3.45. The normalized spacial score (nSPS) is 18.2. The fourth-order valence-corrected chi connectivity index (χ4v) is 3.62. The molecule has 0 radical (unpaired) electrons. The van der Waals surface area contributed by atoms with Crippen molar-refractivity contribution in [1.82, 2.24) is 0 Å². The number of hydrogen-bond donors (Lipinski definition) is 0. The van der Waals surface area contributed by atoms with E-state index in [4.69, 9.17) is 9.47 Å². The largest absolute Gasteiger partial charge is 0.454 e. The summed E-state index contributed by atoms with van der Waals surface area (Å²) in [5, 5.41) is 0.683. The first kappa shape index (κ1) is 11.9. The minimum atomic E-state index is 0.185. The van der Waals surface area contributed by atoms with Crippen LogP contribution in [0.15, 0.2) is 18.2 Å². The molecule has 0 saturated heterocycles. The van der Waals surface area contributed by atoms with Crippen LogP contribution in [0.25, 0.3) is 0 Å². The number of carbonyl (C=O) groups is 1. The van der Waals surface area contributed by atoms with Gasteiger partial charge in [-0.2, -0.15) is 11.8 Å². The van der Waals surface area contributed by atoms with Crippen LogP contribution in [0.4, 0.5) is 0 Å². The van der Waals surface area contributed by atoms with Gasteiger partial charge in [0.1, 0.15) is 0 Å². The fraction of sp³-hybridized carbons (Fsp3) is 0.500. The number of Topliss-reactive ketones (excluding diaryl/α,β-unsaturated/α-hetero) is 1. The highest BCUT2D eigenvalue weighted by Crippen LogP contribution is 2.34. The van der Waals surface area contributed by atoms with Crippen LogP contribution in [0.2, 0.25) is 0 Å². The van der Waals surface area contributed by atoms with E-state index >= 15 is 0 Å². The van der Waals surface area contributed by atoms with E-state index in [1.54, 1.807) is 17.8 Å². The number of thioether (sulfide) groups is 1. The maximum Gasteiger partial charge on any atom is 0.231 e. The molecule has 1 aromatic carbocycles. The Labute approximate surface area is 111 Å². The first-order valence-corrected chi connectivity index (χ1v) is 7.42. The molecule has 0 atom stereocenters. The molecule has 18 heavy (non-hydrogen) atoms. The zero-order valence-corrected chi connectivity index (χ0v) is 11.0. The van der Waals surface area contributed by atoms with E-state index in [1.807, 2.05) is 12.1 Å². The van der Waals surface area contributed by atoms with Crippen molar-refractivity contribution in [2.45, 2.75) is 30.9 Å². The summed E-state index contributed by atoms with van der Waals surface area (Å²) in [5.74, 6) is 2.18. The molecule has 0 unspecified atom stereocenters. The fourth-order valence-electron chi connectivity index (χ4n) is 2.40. The Morgan fingerprint density at radius 2 is 2.00 bits per heavy atom. The number of ether oxygens (including phenoxy) is 2. The molecule has 1 aliphatic carbocycles. The van der Waals surface area contributed by atoms with Crippen molar-refractivity contribution < 1.29 is 14.3 Å². The van der Waals surface area contributed by atoms with Gasteiger partial charge < -0.3 is 9.47 Å². The lowest BCUT2D eigenvalue weighted by Crippen LogP contribution is -2.06. The molecular weight excluding hydrogens is 248 g/mol. The van der Waals surface area contributed by atoms with Crippen LogP contribution in [0.5, 0.6) is 11.5 Å². The van der Waals surface area contributed by atoms with Crippen LogP contribution in [-0.2, 0) is 0 Å². The number of benzene rings is 1. The second kappa shape index (κ2) is 5.22. The van der Waals surface area contributed by atoms with Crippen molar-refractivity contribution in [2.24, 2.45) is 0 Å². The predicted octanol–water partition coefficient (Wildman–Crippen LogP) is 3.27. The van der Waals surface area contributed by atoms with Gasteiger partial charge in [-0.1, -0.05) is 12.8 Å². The highest BCUT2D eigenvalue weighted by molar-refractivity contribution is 8.00. The summed E-state index contributed by atoms with van der Waals surface area (Å²) in [6.45, 7) is 0.254. The third kappa shape index (κ3) is 2.48. The minimum Gasteiger partial charge on any atom is -0.454 e. The SMILES string of the molecule is O=C(CSC1CCCC1)c1ccc2c(c1)OCO2. The van der Waals surface area contributed by atoms with Crippen LogP contribution in [-0.4, -0.2) is 23.6 Å². The molecule has 0 spiro atoms. The Balaban J connectivity index is 1.61. The van der Waals surface area contributed by atoms with E-state index in [0.717, 1.165) is 11.3 Å². The van der Waals surface area contributed by atoms with E-state index in [-0.39, 0.29) is 12.6 Å². The van der Waals surface area contributed by atoms with Crippen molar-refractivity contribution in [3.63, 3.8) is 0 Å². The molecule has 0 amide bonds. The van der Waals surface area contributed by atoms with E-state index in [2.05, 4.69) is 0 Å². The smallest absolute Gasteiger partial charge is 0.231 e. The maximum atomic E-state index is 12.1. The summed E-state index contributed by atoms with van der Waals surface area (Å²) in [5.41, 5.74) is 0.727. The number of hydrogen-bond acceptors (Lipinski definition) is 4. The number of fused-ring (bicyclic) bond motifs is 1. The van der Waals surface area contributed by atoms with Gasteiger partial charge in [0, 0.05) is 10.8 Å². The van der Waals surface area contributed by atoms with Gasteiger partial charge >= 0.3 is 0 Å². The predicted molar refractivity (Wildman–Crippen MR) is 71.6 cm³/mol. The highest BCUT2D eigenvalue weighted by Gasteiger charge is 2.19. The second-order valence-electron chi connectivity index (χ2n) is 4.71. The van der Waals surface area contributed by atoms with Crippen LogP contribution in [0.3, 0.4) is 0 Å². The Hall–Kier alpha value is -1.16. The van der Waals surface area contributed by atoms with E-state index in [0.29, 0.717) is 16.8 Å². The van der Waals surface area contributed by atoms with Crippen molar-refractivity contribution in [3.05, 3.63) is 23.8 Å². The molecule has 1 aliphatic heterocycles. The van der Waals surface area contributed by atoms with Gasteiger partial charge in [-0.15, -0.1) is 0 Å². The molecule has 1 fully saturated rings. The van der Waals surface area contributed by atoms with Gasteiger partial charge in [-0.05, 0) is 31.0 Å². The van der Waals surface area contributed by atoms with Crippen LogP contribution < -0.4 is 9.47 Å². The summed E-state index contributed by atoms with van der Waals surface area (Å²) in [6.07, 6.45) is 5.16. The molecule has 96 valence electrons. The molecule has 1 aromatic rings. The minimum absolute atomic E-state index is 0.185. The molecule has 0 aromatic heterocycles. The van der Waals surface area contributed by atoms with Gasteiger partial charge in [0.2, 0.25) is 6.79 Å². The first-order chi connectivity index (χ1) is 8.83. The molecule has 2 aliphatic rings. The molecular formula is C14H16O3S.